The fraction of sp³-hybridized carbons (Fsp3) is 0.188. The second-order valence-corrected chi connectivity index (χ2v) is 4.70. The Labute approximate surface area is 122 Å². The van der Waals surface area contributed by atoms with Gasteiger partial charge in [0.2, 0.25) is 5.91 Å². The molecule has 0 unspecified atom stereocenters. The molecule has 0 aliphatic rings. The highest BCUT2D eigenvalue weighted by Gasteiger charge is 2.08. The van der Waals surface area contributed by atoms with E-state index in [1.54, 1.807) is 19.2 Å². The standard InChI is InChI=1S/C16H16N2O3/c1-11-10-12(16(20)21)5-7-14(11)18-15(19)8-6-13-4-2-3-9-17-13/h2-5,7,9-10H,6,8H2,1H3,(H,18,19)(H,20,21). The van der Waals surface area contributed by atoms with Gasteiger partial charge in [-0.2, -0.15) is 0 Å². The number of carbonyl (C=O) groups excluding carboxylic acids is 1. The van der Waals surface area contributed by atoms with E-state index in [9.17, 15) is 9.59 Å². The summed E-state index contributed by atoms with van der Waals surface area (Å²) in [5.41, 5.74) is 2.43. The van der Waals surface area contributed by atoms with Crippen LogP contribution >= 0.6 is 0 Å². The lowest BCUT2D eigenvalue weighted by Crippen LogP contribution is -2.13. The third-order valence-electron chi connectivity index (χ3n) is 3.08. The molecule has 5 nitrogen and oxygen atoms in total. The lowest BCUT2D eigenvalue weighted by molar-refractivity contribution is -0.116. The number of anilines is 1. The van der Waals surface area contributed by atoms with Crippen molar-refractivity contribution < 1.29 is 14.7 Å². The van der Waals surface area contributed by atoms with E-state index in [0.717, 1.165) is 11.3 Å². The third kappa shape index (κ3) is 4.14. The van der Waals surface area contributed by atoms with Crippen molar-refractivity contribution in [1.29, 1.82) is 0 Å². The number of hydrogen-bond donors (Lipinski definition) is 2. The number of carboxylic acid groups (broad SMARTS) is 1. The fourth-order valence-corrected chi connectivity index (χ4v) is 1.94. The number of rotatable bonds is 5. The van der Waals surface area contributed by atoms with Crippen LogP contribution in [-0.4, -0.2) is 22.0 Å². The van der Waals surface area contributed by atoms with Crippen LogP contribution in [0.1, 0.15) is 28.0 Å². The molecule has 2 aromatic rings. The molecule has 0 aliphatic carbocycles. The molecule has 0 atom stereocenters. The van der Waals surface area contributed by atoms with Crippen molar-refractivity contribution >= 4 is 17.6 Å². The number of aryl methyl sites for hydroxylation is 2. The smallest absolute Gasteiger partial charge is 0.335 e. The van der Waals surface area contributed by atoms with Crippen LogP contribution in [0.5, 0.6) is 0 Å². The van der Waals surface area contributed by atoms with Gasteiger partial charge in [-0.05, 0) is 49.2 Å². The number of nitrogens with one attached hydrogen (secondary N) is 1. The van der Waals surface area contributed by atoms with Crippen molar-refractivity contribution in [2.24, 2.45) is 0 Å². The Hall–Kier alpha value is -2.69. The third-order valence-corrected chi connectivity index (χ3v) is 3.08. The molecule has 0 radical (unpaired) electrons. The largest absolute Gasteiger partial charge is 0.478 e. The van der Waals surface area contributed by atoms with Gasteiger partial charge >= 0.3 is 5.97 Å². The quantitative estimate of drug-likeness (QED) is 0.884. The van der Waals surface area contributed by atoms with Crippen molar-refractivity contribution in [1.82, 2.24) is 4.98 Å². The first-order valence-electron chi connectivity index (χ1n) is 6.60. The normalized spacial score (nSPS) is 10.1. The van der Waals surface area contributed by atoms with Gasteiger partial charge in [0.05, 0.1) is 5.56 Å². The zero-order chi connectivity index (χ0) is 15.2. The maximum absolute atomic E-state index is 11.9. The van der Waals surface area contributed by atoms with Crippen LogP contribution in [0.15, 0.2) is 42.6 Å². The highest BCUT2D eigenvalue weighted by molar-refractivity contribution is 5.93. The van der Waals surface area contributed by atoms with E-state index in [0.29, 0.717) is 18.5 Å². The molecule has 2 N–H and O–H groups in total. The summed E-state index contributed by atoms with van der Waals surface area (Å²) in [4.78, 5) is 26.9. The average Bonchev–Trinajstić information content (AvgIpc) is 2.48. The molecule has 0 aliphatic heterocycles. The molecular formula is C16H16N2O3. The van der Waals surface area contributed by atoms with Crippen LogP contribution in [0.4, 0.5) is 5.69 Å². The molecule has 0 saturated carbocycles. The number of amides is 1. The second kappa shape index (κ2) is 6.65. The summed E-state index contributed by atoms with van der Waals surface area (Å²) in [7, 11) is 0. The Bertz CT molecular complexity index is 654. The Balaban J connectivity index is 1.95. The molecule has 0 fully saturated rings. The summed E-state index contributed by atoms with van der Waals surface area (Å²) in [5.74, 6) is -1.10. The van der Waals surface area contributed by atoms with Crippen molar-refractivity contribution in [3.05, 3.63) is 59.4 Å². The first-order chi connectivity index (χ1) is 10.1. The van der Waals surface area contributed by atoms with Gasteiger partial charge in [-0.15, -0.1) is 0 Å². The summed E-state index contributed by atoms with van der Waals surface area (Å²) in [5, 5.41) is 11.7. The average molecular weight is 284 g/mol. The highest BCUT2D eigenvalue weighted by atomic mass is 16.4. The van der Waals surface area contributed by atoms with E-state index >= 15 is 0 Å². The number of nitrogens with zero attached hydrogens (tertiary/aromatic N) is 1. The molecule has 1 amide bonds. The topological polar surface area (TPSA) is 79.3 Å². The van der Waals surface area contributed by atoms with Gasteiger partial charge in [0.15, 0.2) is 0 Å². The minimum atomic E-state index is -0.980. The molecule has 21 heavy (non-hydrogen) atoms. The Morgan fingerprint density at radius 3 is 2.67 bits per heavy atom. The van der Waals surface area contributed by atoms with Crippen molar-refractivity contribution in [3.63, 3.8) is 0 Å². The molecule has 0 bridgehead atoms. The zero-order valence-corrected chi connectivity index (χ0v) is 11.7. The van der Waals surface area contributed by atoms with Crippen LogP contribution in [0.2, 0.25) is 0 Å². The Kier molecular flexibility index (Phi) is 4.66. The first kappa shape index (κ1) is 14.7. The predicted octanol–water partition coefficient (Wildman–Crippen LogP) is 2.66. The number of aromatic carboxylic acids is 1. The van der Waals surface area contributed by atoms with Crippen LogP contribution < -0.4 is 5.32 Å². The molecule has 1 aromatic carbocycles. The number of carbonyl (C=O) groups is 2. The summed E-state index contributed by atoms with van der Waals surface area (Å²) >= 11 is 0. The van der Waals surface area contributed by atoms with Crippen molar-refractivity contribution in [2.75, 3.05) is 5.32 Å². The summed E-state index contributed by atoms with van der Waals surface area (Å²) in [6.45, 7) is 1.76. The summed E-state index contributed by atoms with van der Waals surface area (Å²) in [6, 6.07) is 10.2. The van der Waals surface area contributed by atoms with E-state index in [4.69, 9.17) is 5.11 Å². The number of benzene rings is 1. The van der Waals surface area contributed by atoms with E-state index in [-0.39, 0.29) is 11.5 Å². The van der Waals surface area contributed by atoms with Crippen molar-refractivity contribution in [3.8, 4) is 0 Å². The van der Waals surface area contributed by atoms with Gasteiger partial charge in [-0.1, -0.05) is 6.07 Å². The minimum absolute atomic E-state index is 0.119. The molecule has 108 valence electrons. The lowest BCUT2D eigenvalue weighted by atomic mass is 10.1. The molecule has 5 heteroatoms. The fourth-order valence-electron chi connectivity index (χ4n) is 1.94. The van der Waals surface area contributed by atoms with E-state index in [1.165, 1.54) is 12.1 Å². The van der Waals surface area contributed by atoms with Crippen LogP contribution in [0.3, 0.4) is 0 Å². The van der Waals surface area contributed by atoms with Crippen LogP contribution in [0.25, 0.3) is 0 Å². The summed E-state index contributed by atoms with van der Waals surface area (Å²) in [6.07, 6.45) is 2.60. The van der Waals surface area contributed by atoms with E-state index < -0.39 is 5.97 Å². The van der Waals surface area contributed by atoms with Gasteiger partial charge in [-0.25, -0.2) is 4.79 Å². The maximum Gasteiger partial charge on any atom is 0.335 e. The molecule has 1 heterocycles. The first-order valence-corrected chi connectivity index (χ1v) is 6.60. The van der Waals surface area contributed by atoms with Crippen molar-refractivity contribution in [2.45, 2.75) is 19.8 Å². The number of aromatic nitrogens is 1. The lowest BCUT2D eigenvalue weighted by Gasteiger charge is -2.09. The van der Waals surface area contributed by atoms with Crippen LogP contribution in [-0.2, 0) is 11.2 Å². The number of pyridine rings is 1. The van der Waals surface area contributed by atoms with E-state index in [2.05, 4.69) is 10.3 Å². The van der Waals surface area contributed by atoms with Gasteiger partial charge in [-0.3, -0.25) is 9.78 Å². The van der Waals surface area contributed by atoms with Crippen LogP contribution in [0, 0.1) is 6.92 Å². The molecule has 2 rings (SSSR count). The number of carboxylic acids is 1. The SMILES string of the molecule is Cc1cc(C(=O)O)ccc1NC(=O)CCc1ccccn1. The van der Waals surface area contributed by atoms with Gasteiger partial charge in [0.1, 0.15) is 0 Å². The minimum Gasteiger partial charge on any atom is -0.478 e. The predicted molar refractivity (Wildman–Crippen MR) is 79.3 cm³/mol. The monoisotopic (exact) mass is 284 g/mol. The Morgan fingerprint density at radius 1 is 1.24 bits per heavy atom. The molecule has 0 spiro atoms. The van der Waals surface area contributed by atoms with Gasteiger partial charge < -0.3 is 10.4 Å². The zero-order valence-electron chi connectivity index (χ0n) is 11.7. The highest BCUT2D eigenvalue weighted by Crippen LogP contribution is 2.17. The maximum atomic E-state index is 11.9. The molecule has 0 saturated heterocycles. The summed E-state index contributed by atoms with van der Waals surface area (Å²) < 4.78 is 0. The Morgan fingerprint density at radius 2 is 2.05 bits per heavy atom. The van der Waals surface area contributed by atoms with Gasteiger partial charge in [0.25, 0.3) is 0 Å². The van der Waals surface area contributed by atoms with Gasteiger partial charge in [0, 0.05) is 24.0 Å². The second-order valence-electron chi connectivity index (χ2n) is 4.70. The van der Waals surface area contributed by atoms with E-state index in [1.807, 2.05) is 18.2 Å². The molecular weight excluding hydrogens is 268 g/mol. The molecule has 1 aromatic heterocycles. The number of hydrogen-bond acceptors (Lipinski definition) is 3.